The zero-order chi connectivity index (χ0) is 16.0. The fraction of sp³-hybridized carbons (Fsp3) is 0.583. The molecule has 0 unspecified atom stereocenters. The number of carbonyl (C=O) groups excluding carboxylic acids is 1. The van der Waals surface area contributed by atoms with Crippen molar-refractivity contribution >= 4 is 41.8 Å². The van der Waals surface area contributed by atoms with Crippen LogP contribution in [0.4, 0.5) is 0 Å². The second-order valence-electron chi connectivity index (χ2n) is 4.57. The number of nitrogens with two attached hydrogens (primary N) is 1. The average Bonchev–Trinajstić information content (AvgIpc) is 2.77. The van der Waals surface area contributed by atoms with Crippen LogP contribution in [0.25, 0.3) is 0 Å². The molecular formula is C12H19N3O4S2. The molecule has 1 aliphatic rings. The van der Waals surface area contributed by atoms with Crippen molar-refractivity contribution in [1.29, 1.82) is 0 Å². The molecule has 21 heavy (non-hydrogen) atoms. The van der Waals surface area contributed by atoms with Gasteiger partial charge in [-0.15, -0.1) is 24.4 Å². The number of carboxylic acid groups (broad SMARTS) is 1. The Hall–Kier alpha value is -1.19. The maximum atomic E-state index is 11.5. The van der Waals surface area contributed by atoms with Crippen LogP contribution in [-0.2, 0) is 9.59 Å². The van der Waals surface area contributed by atoms with E-state index in [1.165, 1.54) is 25.0 Å². The van der Waals surface area contributed by atoms with E-state index in [2.05, 4.69) is 22.9 Å². The second-order valence-corrected chi connectivity index (χ2v) is 6.20. The third kappa shape index (κ3) is 4.94. The van der Waals surface area contributed by atoms with Gasteiger partial charge in [0.15, 0.2) is 5.12 Å². The van der Waals surface area contributed by atoms with E-state index in [1.54, 1.807) is 0 Å². The van der Waals surface area contributed by atoms with Gasteiger partial charge in [-0.3, -0.25) is 9.79 Å². The Morgan fingerprint density at radius 2 is 2.33 bits per heavy atom. The molecule has 0 amide bonds. The molecule has 9 heteroatoms. The van der Waals surface area contributed by atoms with E-state index in [4.69, 9.17) is 5.73 Å². The molecule has 0 radical (unpaired) electrons. The fourth-order valence-corrected chi connectivity index (χ4v) is 3.59. The van der Waals surface area contributed by atoms with E-state index in [1.807, 2.05) is 0 Å². The maximum absolute atomic E-state index is 11.5. The topological polar surface area (TPSA) is 125 Å². The fourth-order valence-electron chi connectivity index (χ4n) is 2.16. The number of nitrogens with zero attached hydrogens (tertiary/aromatic N) is 1. The van der Waals surface area contributed by atoms with E-state index >= 15 is 0 Å². The average molecular weight is 333 g/mol. The minimum atomic E-state index is -1.08. The van der Waals surface area contributed by atoms with E-state index < -0.39 is 29.1 Å². The van der Waals surface area contributed by atoms with E-state index in [0.29, 0.717) is 23.6 Å². The lowest BCUT2D eigenvalue weighted by Gasteiger charge is -2.24. The van der Waals surface area contributed by atoms with Crippen LogP contribution >= 0.6 is 24.4 Å². The van der Waals surface area contributed by atoms with Crippen LogP contribution < -0.4 is 11.1 Å². The van der Waals surface area contributed by atoms with E-state index in [-0.39, 0.29) is 5.70 Å². The summed E-state index contributed by atoms with van der Waals surface area (Å²) in [7, 11) is 0. The minimum Gasteiger partial charge on any atom is -0.477 e. The zero-order valence-corrected chi connectivity index (χ0v) is 13.2. The highest BCUT2D eigenvalue weighted by Crippen LogP contribution is 2.33. The number of hydrogen-bond donors (Lipinski definition) is 5. The first kappa shape index (κ1) is 17.9. The highest BCUT2D eigenvalue weighted by Gasteiger charge is 2.37. The smallest absolute Gasteiger partial charge is 0.352 e. The quantitative estimate of drug-likeness (QED) is 0.180. The van der Waals surface area contributed by atoms with Crippen LogP contribution in [0.3, 0.4) is 0 Å². The van der Waals surface area contributed by atoms with Crippen LogP contribution in [0.2, 0.25) is 0 Å². The van der Waals surface area contributed by atoms with Crippen LogP contribution in [0.5, 0.6) is 0 Å². The Kier molecular flexibility index (Phi) is 7.06. The predicted octanol–water partition coefficient (Wildman–Crippen LogP) is -0.182. The Morgan fingerprint density at radius 3 is 2.81 bits per heavy atom. The summed E-state index contributed by atoms with van der Waals surface area (Å²) < 4.78 is 0. The second kappa shape index (κ2) is 8.30. The van der Waals surface area contributed by atoms with Crippen LogP contribution in [0, 0.1) is 5.92 Å². The number of carboxylic acids is 1. The third-order valence-corrected chi connectivity index (χ3v) is 4.47. The molecule has 5 N–H and O–H groups in total. The van der Waals surface area contributed by atoms with Crippen LogP contribution in [-0.4, -0.2) is 52.1 Å². The lowest BCUT2D eigenvalue weighted by atomic mass is 9.95. The summed E-state index contributed by atoms with van der Waals surface area (Å²) in [5.41, 5.74) is 5.20. The number of aliphatic imine (C=N–C) groups is 1. The van der Waals surface area contributed by atoms with Gasteiger partial charge in [0.05, 0.1) is 24.9 Å². The predicted molar refractivity (Wildman–Crippen MR) is 85.4 cm³/mol. The molecule has 0 saturated heterocycles. The number of thioether (sulfide) groups is 1. The van der Waals surface area contributed by atoms with Crippen molar-refractivity contribution in [1.82, 2.24) is 5.32 Å². The van der Waals surface area contributed by atoms with Crippen molar-refractivity contribution in [2.24, 2.45) is 16.6 Å². The number of thiol groups is 1. The summed E-state index contributed by atoms with van der Waals surface area (Å²) in [5.74, 6) is -1.26. The molecule has 118 valence electrons. The molecule has 0 aliphatic carbocycles. The minimum absolute atomic E-state index is 0.0713. The number of rotatable bonds is 8. The summed E-state index contributed by atoms with van der Waals surface area (Å²) >= 11 is 5.13. The van der Waals surface area contributed by atoms with Crippen molar-refractivity contribution < 1.29 is 19.8 Å². The summed E-state index contributed by atoms with van der Waals surface area (Å²) in [4.78, 5) is 27.3. The number of hydrogen-bond acceptors (Lipinski definition) is 6. The molecule has 0 bridgehead atoms. The summed E-state index contributed by atoms with van der Waals surface area (Å²) in [6.07, 6.45) is 0.653. The molecule has 0 aromatic carbocycles. The third-order valence-electron chi connectivity index (χ3n) is 3.07. The molecule has 0 aromatic heterocycles. The molecule has 1 aliphatic heterocycles. The zero-order valence-electron chi connectivity index (χ0n) is 11.5. The van der Waals surface area contributed by atoms with Crippen molar-refractivity contribution in [3.8, 4) is 0 Å². The van der Waals surface area contributed by atoms with E-state index in [9.17, 15) is 19.8 Å². The van der Waals surface area contributed by atoms with Gasteiger partial charge in [0.1, 0.15) is 5.70 Å². The standard InChI is InChI=1S/C12H19N3O4S2/c1-6(16)9(12(19)20)7-4-8(10(15-7)11(17)18)21-3-2-14-5-13/h5-7,9,15-16H,2-4H2,1H3,(H2,13,14)(H,17,18)(H,19,20)/t6-,7+,9-/m1/s1. The molecule has 3 atom stereocenters. The van der Waals surface area contributed by atoms with Gasteiger partial charge < -0.3 is 21.3 Å². The van der Waals surface area contributed by atoms with E-state index in [0.717, 1.165) is 0 Å². The Balaban J connectivity index is 2.78. The van der Waals surface area contributed by atoms with Crippen molar-refractivity contribution in [2.45, 2.75) is 25.5 Å². The van der Waals surface area contributed by atoms with Crippen LogP contribution in [0.1, 0.15) is 13.3 Å². The summed E-state index contributed by atoms with van der Waals surface area (Å²) in [6.45, 7) is 1.97. The molecular weight excluding hydrogens is 314 g/mol. The Labute approximate surface area is 132 Å². The number of aliphatic carboxylic acids is 1. The first-order valence-electron chi connectivity index (χ1n) is 6.35. The van der Waals surface area contributed by atoms with Crippen molar-refractivity contribution in [2.75, 3.05) is 12.3 Å². The number of aliphatic hydroxyl groups excluding tert-OH is 1. The van der Waals surface area contributed by atoms with Gasteiger partial charge in [0, 0.05) is 23.1 Å². The molecule has 0 spiro atoms. The Morgan fingerprint density at radius 1 is 1.67 bits per heavy atom. The molecule has 0 saturated carbocycles. The highest BCUT2D eigenvalue weighted by atomic mass is 32.2. The first-order chi connectivity index (χ1) is 9.88. The number of carbonyl (C=O) groups is 2. The lowest BCUT2D eigenvalue weighted by Crippen LogP contribution is -2.41. The number of aliphatic hydroxyl groups is 1. The number of nitrogens with one attached hydrogen (secondary N) is 1. The van der Waals surface area contributed by atoms with Gasteiger partial charge in [-0.1, -0.05) is 0 Å². The highest BCUT2D eigenvalue weighted by molar-refractivity contribution is 8.03. The van der Waals surface area contributed by atoms with Crippen molar-refractivity contribution in [3.63, 3.8) is 0 Å². The SMILES string of the molecule is C[C@@H](O)[C@@H](C(=O)S)[C@@H]1CC(SCCN=CN)=C(C(=O)O)N1. The van der Waals surface area contributed by atoms with Gasteiger partial charge in [-0.05, 0) is 6.92 Å². The molecule has 7 nitrogen and oxygen atoms in total. The molecule has 0 aromatic rings. The largest absolute Gasteiger partial charge is 0.477 e. The summed E-state index contributed by atoms with van der Waals surface area (Å²) in [6, 6.07) is -0.471. The maximum Gasteiger partial charge on any atom is 0.352 e. The normalized spacial score (nSPS) is 21.4. The van der Waals surface area contributed by atoms with Crippen molar-refractivity contribution in [3.05, 3.63) is 10.6 Å². The molecule has 0 fully saturated rings. The summed E-state index contributed by atoms with van der Waals surface area (Å²) in [5, 5.41) is 21.2. The Bertz CT molecular complexity index is 465. The lowest BCUT2D eigenvalue weighted by molar-refractivity contribution is -0.133. The van der Waals surface area contributed by atoms with Gasteiger partial charge in [0.2, 0.25) is 0 Å². The first-order valence-corrected chi connectivity index (χ1v) is 7.78. The van der Waals surface area contributed by atoms with Gasteiger partial charge in [-0.25, -0.2) is 4.79 Å². The van der Waals surface area contributed by atoms with Gasteiger partial charge >= 0.3 is 5.97 Å². The molecule has 1 heterocycles. The monoisotopic (exact) mass is 333 g/mol. The van der Waals surface area contributed by atoms with Gasteiger partial charge in [0.25, 0.3) is 0 Å². The van der Waals surface area contributed by atoms with Crippen LogP contribution in [0.15, 0.2) is 15.6 Å². The molecule has 1 rings (SSSR count). The van der Waals surface area contributed by atoms with Gasteiger partial charge in [-0.2, -0.15) is 0 Å².